The summed E-state index contributed by atoms with van der Waals surface area (Å²) in [6, 6.07) is 17.0. The van der Waals surface area contributed by atoms with E-state index in [4.69, 9.17) is 4.74 Å². The molecule has 31 heavy (non-hydrogen) atoms. The summed E-state index contributed by atoms with van der Waals surface area (Å²) in [7, 11) is 1.58. The van der Waals surface area contributed by atoms with E-state index < -0.39 is 5.60 Å². The van der Waals surface area contributed by atoms with Crippen LogP contribution in [0.2, 0.25) is 0 Å². The van der Waals surface area contributed by atoms with E-state index >= 15 is 0 Å². The average molecular weight is 416 g/mol. The Kier molecular flexibility index (Phi) is 6.04. The van der Waals surface area contributed by atoms with Crippen LogP contribution in [0.5, 0.6) is 0 Å². The molecule has 158 valence electrons. The van der Waals surface area contributed by atoms with Crippen molar-refractivity contribution in [1.29, 1.82) is 0 Å². The molecule has 1 aliphatic heterocycles. The van der Waals surface area contributed by atoms with Gasteiger partial charge in [-0.05, 0) is 29.3 Å². The minimum atomic E-state index is -1.20. The number of morpholine rings is 1. The van der Waals surface area contributed by atoms with E-state index in [1.807, 2.05) is 36.4 Å². The van der Waals surface area contributed by atoms with Gasteiger partial charge in [-0.1, -0.05) is 36.4 Å². The van der Waals surface area contributed by atoms with E-state index in [1.165, 1.54) is 0 Å². The van der Waals surface area contributed by atoms with Gasteiger partial charge in [0, 0.05) is 44.2 Å². The normalized spacial score (nSPS) is 18.4. The Hall–Kier alpha value is -3.58. The molecule has 1 saturated heterocycles. The van der Waals surface area contributed by atoms with Crippen LogP contribution in [0.1, 0.15) is 16.1 Å². The zero-order valence-corrected chi connectivity index (χ0v) is 17.3. The molecule has 1 fully saturated rings. The molecule has 4 rings (SSSR count). The number of amides is 2. The zero-order chi connectivity index (χ0) is 21.7. The Morgan fingerprint density at radius 1 is 1.10 bits per heavy atom. The molecule has 1 aromatic carbocycles. The van der Waals surface area contributed by atoms with Crippen LogP contribution in [0, 0.1) is 0 Å². The number of ether oxygens (including phenoxy) is 1. The molecule has 1 atom stereocenters. The van der Waals surface area contributed by atoms with Crippen LogP contribution in [0.3, 0.4) is 0 Å². The summed E-state index contributed by atoms with van der Waals surface area (Å²) in [5.74, 6) is -0.468. The SMILES string of the molecule is CNC(=O)C1(Cc2ccccc2-c2cccnc2)CN(C(=O)c2ccccn2)CCO1. The molecule has 2 aromatic heterocycles. The van der Waals surface area contributed by atoms with Crippen molar-refractivity contribution in [2.45, 2.75) is 12.0 Å². The van der Waals surface area contributed by atoms with Crippen LogP contribution in [-0.4, -0.2) is 59.0 Å². The van der Waals surface area contributed by atoms with Gasteiger partial charge in [0.1, 0.15) is 5.69 Å². The maximum Gasteiger partial charge on any atom is 0.272 e. The number of aromatic nitrogens is 2. The van der Waals surface area contributed by atoms with Crippen LogP contribution in [-0.2, 0) is 16.0 Å². The molecular weight excluding hydrogens is 392 g/mol. The van der Waals surface area contributed by atoms with Crippen molar-refractivity contribution < 1.29 is 14.3 Å². The third-order valence-electron chi connectivity index (χ3n) is 5.46. The third-order valence-corrected chi connectivity index (χ3v) is 5.46. The van der Waals surface area contributed by atoms with Crippen LogP contribution < -0.4 is 5.32 Å². The summed E-state index contributed by atoms with van der Waals surface area (Å²) in [5, 5.41) is 2.72. The summed E-state index contributed by atoms with van der Waals surface area (Å²) < 4.78 is 6.09. The number of nitrogens with zero attached hydrogens (tertiary/aromatic N) is 3. The number of carbonyl (C=O) groups excluding carboxylic acids is 2. The van der Waals surface area contributed by atoms with Gasteiger partial charge in [-0.2, -0.15) is 0 Å². The second kappa shape index (κ2) is 9.06. The summed E-state index contributed by atoms with van der Waals surface area (Å²) in [6.07, 6.45) is 5.43. The molecule has 3 aromatic rings. The minimum Gasteiger partial charge on any atom is -0.361 e. The Morgan fingerprint density at radius 2 is 1.94 bits per heavy atom. The van der Waals surface area contributed by atoms with Gasteiger partial charge in [0.05, 0.1) is 13.2 Å². The van der Waals surface area contributed by atoms with E-state index in [9.17, 15) is 9.59 Å². The van der Waals surface area contributed by atoms with Crippen molar-refractivity contribution in [2.24, 2.45) is 0 Å². The highest BCUT2D eigenvalue weighted by molar-refractivity contribution is 5.94. The number of carbonyl (C=O) groups is 2. The molecule has 0 saturated carbocycles. The zero-order valence-electron chi connectivity index (χ0n) is 17.3. The first-order chi connectivity index (χ1) is 15.1. The maximum atomic E-state index is 13.0. The second-order valence-corrected chi connectivity index (χ2v) is 7.44. The fourth-order valence-electron chi connectivity index (χ4n) is 3.95. The summed E-state index contributed by atoms with van der Waals surface area (Å²) in [4.78, 5) is 36.1. The Morgan fingerprint density at radius 3 is 2.68 bits per heavy atom. The summed E-state index contributed by atoms with van der Waals surface area (Å²) in [5.41, 5.74) is 2.05. The van der Waals surface area contributed by atoms with E-state index in [-0.39, 0.29) is 25.0 Å². The van der Waals surface area contributed by atoms with Gasteiger partial charge in [-0.15, -0.1) is 0 Å². The van der Waals surface area contributed by atoms with E-state index in [0.29, 0.717) is 18.7 Å². The largest absolute Gasteiger partial charge is 0.361 e. The topological polar surface area (TPSA) is 84.4 Å². The molecule has 7 nitrogen and oxygen atoms in total. The second-order valence-electron chi connectivity index (χ2n) is 7.44. The van der Waals surface area contributed by atoms with Crippen LogP contribution in [0.4, 0.5) is 0 Å². The lowest BCUT2D eigenvalue weighted by molar-refractivity contribution is -0.156. The first-order valence-corrected chi connectivity index (χ1v) is 10.2. The minimum absolute atomic E-state index is 0.142. The fourth-order valence-corrected chi connectivity index (χ4v) is 3.95. The van der Waals surface area contributed by atoms with Crippen LogP contribution in [0.25, 0.3) is 11.1 Å². The number of hydrogen-bond donors (Lipinski definition) is 1. The molecule has 1 aliphatic rings. The van der Waals surface area contributed by atoms with Crippen molar-refractivity contribution in [3.8, 4) is 11.1 Å². The highest BCUT2D eigenvalue weighted by atomic mass is 16.5. The smallest absolute Gasteiger partial charge is 0.272 e. The Balaban J connectivity index is 1.67. The van der Waals surface area contributed by atoms with Crippen molar-refractivity contribution in [3.63, 3.8) is 0 Å². The molecule has 1 N–H and O–H groups in total. The lowest BCUT2D eigenvalue weighted by Gasteiger charge is -2.41. The number of rotatable bonds is 5. The van der Waals surface area contributed by atoms with Gasteiger partial charge in [0.25, 0.3) is 11.8 Å². The molecule has 1 unspecified atom stereocenters. The van der Waals surface area contributed by atoms with Gasteiger partial charge in [0.2, 0.25) is 0 Å². The van der Waals surface area contributed by atoms with Gasteiger partial charge < -0.3 is 15.0 Å². The predicted octanol–water partition coefficient (Wildman–Crippen LogP) is 2.34. The highest BCUT2D eigenvalue weighted by Gasteiger charge is 2.45. The number of nitrogens with one attached hydrogen (secondary N) is 1. The first kappa shape index (κ1) is 20.7. The predicted molar refractivity (Wildman–Crippen MR) is 116 cm³/mol. The van der Waals surface area contributed by atoms with Crippen LogP contribution >= 0.6 is 0 Å². The van der Waals surface area contributed by atoms with Crippen molar-refractivity contribution >= 4 is 11.8 Å². The average Bonchev–Trinajstić information content (AvgIpc) is 2.84. The Labute approximate surface area is 181 Å². The quantitative estimate of drug-likeness (QED) is 0.690. The third kappa shape index (κ3) is 4.32. The standard InChI is InChI=1S/C24H24N4O3/c1-25-23(30)24(15-18-7-2-3-9-20(18)19-8-6-11-26-16-19)17-28(13-14-31-24)22(29)21-10-4-5-12-27-21/h2-12,16H,13-15,17H2,1H3,(H,25,30). The fraction of sp³-hybridized carbons (Fsp3) is 0.250. The summed E-state index contributed by atoms with van der Waals surface area (Å²) in [6.45, 7) is 0.808. The monoisotopic (exact) mass is 416 g/mol. The molecule has 0 bridgehead atoms. The highest BCUT2D eigenvalue weighted by Crippen LogP contribution is 2.30. The first-order valence-electron chi connectivity index (χ1n) is 10.2. The van der Waals surface area contributed by atoms with Gasteiger partial charge in [-0.3, -0.25) is 19.6 Å². The van der Waals surface area contributed by atoms with E-state index in [2.05, 4.69) is 15.3 Å². The molecule has 2 amide bonds. The van der Waals surface area contributed by atoms with Crippen LogP contribution in [0.15, 0.2) is 73.2 Å². The molecular formula is C24H24N4O3. The van der Waals surface area contributed by atoms with Gasteiger partial charge in [0.15, 0.2) is 5.60 Å². The van der Waals surface area contributed by atoms with Crippen molar-refractivity contribution in [2.75, 3.05) is 26.7 Å². The number of pyridine rings is 2. The molecule has 7 heteroatoms. The molecule has 0 aliphatic carbocycles. The van der Waals surface area contributed by atoms with E-state index in [0.717, 1.165) is 16.7 Å². The molecule has 0 spiro atoms. The van der Waals surface area contributed by atoms with E-state index in [1.54, 1.807) is 48.7 Å². The molecule has 0 radical (unpaired) electrons. The van der Waals surface area contributed by atoms with Gasteiger partial charge in [-0.25, -0.2) is 0 Å². The number of likely N-dealkylation sites (N-methyl/N-ethyl adjacent to an activating group) is 1. The van der Waals surface area contributed by atoms with Crippen molar-refractivity contribution in [3.05, 3.63) is 84.4 Å². The maximum absolute atomic E-state index is 13.0. The van der Waals surface area contributed by atoms with Gasteiger partial charge >= 0.3 is 0 Å². The lowest BCUT2D eigenvalue weighted by Crippen LogP contribution is -2.61. The Bertz CT molecular complexity index is 1060. The van der Waals surface area contributed by atoms with Crippen molar-refractivity contribution in [1.82, 2.24) is 20.2 Å². The molecule has 3 heterocycles. The number of hydrogen-bond acceptors (Lipinski definition) is 5. The lowest BCUT2D eigenvalue weighted by atomic mass is 9.87. The summed E-state index contributed by atoms with van der Waals surface area (Å²) >= 11 is 0. The number of benzene rings is 1.